The summed E-state index contributed by atoms with van der Waals surface area (Å²) in [5.74, 6) is 0. The van der Waals surface area contributed by atoms with Crippen LogP contribution in [0.1, 0.15) is 18.4 Å². The van der Waals surface area contributed by atoms with E-state index < -0.39 is 28.5 Å². The van der Waals surface area contributed by atoms with Crippen molar-refractivity contribution in [3.05, 3.63) is 33.9 Å². The first-order chi connectivity index (χ1) is 9.29. The van der Waals surface area contributed by atoms with Gasteiger partial charge in [0.2, 0.25) is 0 Å². The summed E-state index contributed by atoms with van der Waals surface area (Å²) in [4.78, 5) is 11.5. The quantitative estimate of drug-likeness (QED) is 0.476. The first-order valence-corrected chi connectivity index (χ1v) is 6.03. The molecule has 1 aromatic carbocycles. The van der Waals surface area contributed by atoms with Gasteiger partial charge in [0.15, 0.2) is 0 Å². The standard InChI is InChI=1S/C12H12F4N2O2/c13-9-2-1-5-17(7-9)10-4-3-8(12(14,15)16)6-11(10)18(19)20/h3-4,6,9H,1-2,5,7H2. The van der Waals surface area contributed by atoms with Gasteiger partial charge in [-0.05, 0) is 25.0 Å². The predicted octanol–water partition coefficient (Wildman–Crippen LogP) is 3.55. The van der Waals surface area contributed by atoms with Crippen molar-refractivity contribution in [1.82, 2.24) is 0 Å². The molecule has 1 aliphatic rings. The average molecular weight is 292 g/mol. The molecule has 0 bridgehead atoms. The molecule has 2 rings (SSSR count). The number of rotatable bonds is 2. The van der Waals surface area contributed by atoms with Crippen LogP contribution in [-0.2, 0) is 6.18 Å². The van der Waals surface area contributed by atoms with Crippen molar-refractivity contribution in [1.29, 1.82) is 0 Å². The Kier molecular flexibility index (Phi) is 3.82. The SMILES string of the molecule is O=[N+]([O-])c1cc(C(F)(F)F)ccc1N1CCCC(F)C1. The summed E-state index contributed by atoms with van der Waals surface area (Å²) in [6.45, 7) is 0.360. The van der Waals surface area contributed by atoms with Crippen molar-refractivity contribution in [2.24, 2.45) is 0 Å². The minimum absolute atomic E-state index is 0.0327. The Labute approximate surface area is 112 Å². The second-order valence-corrected chi connectivity index (χ2v) is 4.64. The number of halogens is 4. The number of nitro benzene ring substituents is 1. The van der Waals surface area contributed by atoms with Crippen LogP contribution in [0, 0.1) is 10.1 Å². The maximum absolute atomic E-state index is 13.3. The van der Waals surface area contributed by atoms with E-state index in [2.05, 4.69) is 0 Å². The van der Waals surface area contributed by atoms with Gasteiger partial charge in [0.05, 0.1) is 10.5 Å². The lowest BCUT2D eigenvalue weighted by Crippen LogP contribution is -2.36. The molecule has 0 spiro atoms. The smallest absolute Gasteiger partial charge is 0.363 e. The lowest BCUT2D eigenvalue weighted by Gasteiger charge is -2.30. The monoisotopic (exact) mass is 292 g/mol. The highest BCUT2D eigenvalue weighted by Crippen LogP contribution is 2.37. The largest absolute Gasteiger partial charge is 0.416 e. The highest BCUT2D eigenvalue weighted by atomic mass is 19.4. The van der Waals surface area contributed by atoms with E-state index in [-0.39, 0.29) is 12.2 Å². The normalized spacial score (nSPS) is 20.0. The Hall–Kier alpha value is -1.86. The summed E-state index contributed by atoms with van der Waals surface area (Å²) in [5, 5.41) is 10.9. The molecule has 20 heavy (non-hydrogen) atoms. The summed E-state index contributed by atoms with van der Waals surface area (Å²) in [6, 6.07) is 2.32. The van der Waals surface area contributed by atoms with Crippen LogP contribution < -0.4 is 4.90 Å². The molecule has 0 radical (unpaired) electrons. The van der Waals surface area contributed by atoms with Gasteiger partial charge in [-0.3, -0.25) is 10.1 Å². The maximum atomic E-state index is 13.3. The van der Waals surface area contributed by atoms with E-state index in [1.54, 1.807) is 0 Å². The van der Waals surface area contributed by atoms with Crippen molar-refractivity contribution in [2.45, 2.75) is 25.2 Å². The van der Waals surface area contributed by atoms with Crippen molar-refractivity contribution in [3.63, 3.8) is 0 Å². The Morgan fingerprint density at radius 1 is 1.35 bits per heavy atom. The molecule has 0 aliphatic carbocycles. The van der Waals surface area contributed by atoms with Crippen LogP contribution in [0.5, 0.6) is 0 Å². The highest BCUT2D eigenvalue weighted by Gasteiger charge is 2.34. The van der Waals surface area contributed by atoms with Gasteiger partial charge in [0.25, 0.3) is 5.69 Å². The van der Waals surface area contributed by atoms with Crippen LogP contribution >= 0.6 is 0 Å². The van der Waals surface area contributed by atoms with Crippen LogP contribution in [0.25, 0.3) is 0 Å². The minimum atomic E-state index is -4.65. The highest BCUT2D eigenvalue weighted by molar-refractivity contribution is 5.65. The van der Waals surface area contributed by atoms with E-state index in [4.69, 9.17) is 0 Å². The summed E-state index contributed by atoms with van der Waals surface area (Å²) in [5.41, 5.74) is -1.69. The van der Waals surface area contributed by atoms with Crippen LogP contribution in [0.2, 0.25) is 0 Å². The third kappa shape index (κ3) is 3.00. The second kappa shape index (κ2) is 5.26. The zero-order valence-electron chi connectivity index (χ0n) is 10.4. The number of benzene rings is 1. The topological polar surface area (TPSA) is 46.4 Å². The van der Waals surface area contributed by atoms with Crippen molar-refractivity contribution in [3.8, 4) is 0 Å². The molecule has 1 heterocycles. The van der Waals surface area contributed by atoms with Crippen LogP contribution in [0.3, 0.4) is 0 Å². The molecule has 1 aliphatic heterocycles. The van der Waals surface area contributed by atoms with Gasteiger partial charge >= 0.3 is 6.18 Å². The molecule has 1 saturated heterocycles. The molecule has 110 valence electrons. The first-order valence-electron chi connectivity index (χ1n) is 6.03. The van der Waals surface area contributed by atoms with Gasteiger partial charge in [-0.2, -0.15) is 13.2 Å². The Balaban J connectivity index is 2.40. The molecule has 0 aromatic heterocycles. The first kappa shape index (κ1) is 14.5. The van der Waals surface area contributed by atoms with E-state index >= 15 is 0 Å². The molecule has 0 amide bonds. The third-order valence-corrected chi connectivity index (χ3v) is 3.20. The number of alkyl halides is 4. The molecular formula is C12H12F4N2O2. The number of anilines is 1. The summed E-state index contributed by atoms with van der Waals surface area (Å²) in [7, 11) is 0. The number of hydrogen-bond acceptors (Lipinski definition) is 3. The van der Waals surface area contributed by atoms with Gasteiger partial charge in [-0.15, -0.1) is 0 Å². The minimum Gasteiger partial charge on any atom is -0.363 e. The molecule has 0 saturated carbocycles. The molecule has 0 N–H and O–H groups in total. The number of piperidine rings is 1. The van der Waals surface area contributed by atoms with E-state index in [1.165, 1.54) is 4.90 Å². The van der Waals surface area contributed by atoms with Gasteiger partial charge in [-0.1, -0.05) is 0 Å². The van der Waals surface area contributed by atoms with E-state index in [1.807, 2.05) is 0 Å². The fraction of sp³-hybridized carbons (Fsp3) is 0.500. The van der Waals surface area contributed by atoms with Crippen molar-refractivity contribution in [2.75, 3.05) is 18.0 Å². The average Bonchev–Trinajstić information content (AvgIpc) is 2.37. The van der Waals surface area contributed by atoms with Gasteiger partial charge in [-0.25, -0.2) is 4.39 Å². The number of nitro groups is 1. The molecule has 1 aromatic rings. The number of hydrogen-bond donors (Lipinski definition) is 0. The summed E-state index contributed by atoms with van der Waals surface area (Å²) < 4.78 is 51.0. The van der Waals surface area contributed by atoms with Gasteiger partial charge in [0, 0.05) is 19.2 Å². The molecule has 1 fully saturated rings. The van der Waals surface area contributed by atoms with E-state index in [0.717, 1.165) is 12.1 Å². The van der Waals surface area contributed by atoms with E-state index in [0.29, 0.717) is 25.5 Å². The predicted molar refractivity (Wildman–Crippen MR) is 64.4 cm³/mol. The molecule has 8 heteroatoms. The van der Waals surface area contributed by atoms with E-state index in [9.17, 15) is 27.7 Å². The Morgan fingerprint density at radius 3 is 2.60 bits per heavy atom. The molecular weight excluding hydrogens is 280 g/mol. The number of nitrogens with zero attached hydrogens (tertiary/aromatic N) is 2. The van der Waals surface area contributed by atoms with Crippen LogP contribution in [0.15, 0.2) is 18.2 Å². The fourth-order valence-corrected chi connectivity index (χ4v) is 2.26. The second-order valence-electron chi connectivity index (χ2n) is 4.64. The fourth-order valence-electron chi connectivity index (χ4n) is 2.26. The van der Waals surface area contributed by atoms with Crippen LogP contribution in [-0.4, -0.2) is 24.2 Å². The van der Waals surface area contributed by atoms with Gasteiger partial charge in [0.1, 0.15) is 11.9 Å². The maximum Gasteiger partial charge on any atom is 0.416 e. The van der Waals surface area contributed by atoms with Crippen LogP contribution in [0.4, 0.5) is 28.9 Å². The van der Waals surface area contributed by atoms with Gasteiger partial charge < -0.3 is 4.90 Å². The zero-order chi connectivity index (χ0) is 14.9. The Morgan fingerprint density at radius 2 is 2.05 bits per heavy atom. The third-order valence-electron chi connectivity index (χ3n) is 3.20. The lowest BCUT2D eigenvalue weighted by molar-refractivity contribution is -0.384. The zero-order valence-corrected chi connectivity index (χ0v) is 10.4. The Bertz CT molecular complexity index is 519. The van der Waals surface area contributed by atoms with Crippen molar-refractivity contribution >= 4 is 11.4 Å². The summed E-state index contributed by atoms with van der Waals surface area (Å²) >= 11 is 0. The molecule has 4 nitrogen and oxygen atoms in total. The summed E-state index contributed by atoms with van der Waals surface area (Å²) in [6.07, 6.45) is -4.89. The molecule has 1 atom stereocenters. The molecule has 1 unspecified atom stereocenters. The van der Waals surface area contributed by atoms with Crippen molar-refractivity contribution < 1.29 is 22.5 Å². The lowest BCUT2D eigenvalue weighted by atomic mass is 10.1.